The third-order valence-corrected chi connectivity index (χ3v) is 4.48. The SMILES string of the molecule is Cc1oc(-c2cccs2)nc1CN1CCC[C@H]1C(=O)O.Cl. The van der Waals surface area contributed by atoms with Crippen molar-refractivity contribution in [3.05, 3.63) is 29.0 Å². The molecule has 114 valence electrons. The molecule has 0 spiro atoms. The van der Waals surface area contributed by atoms with Gasteiger partial charge in [0.2, 0.25) is 5.89 Å². The van der Waals surface area contributed by atoms with Gasteiger partial charge in [-0.05, 0) is 37.8 Å². The molecule has 0 bridgehead atoms. The first-order chi connectivity index (χ1) is 9.65. The van der Waals surface area contributed by atoms with Crippen molar-refractivity contribution in [1.29, 1.82) is 0 Å². The van der Waals surface area contributed by atoms with E-state index in [1.165, 1.54) is 0 Å². The number of aryl methyl sites for hydroxylation is 1. The third-order valence-electron chi connectivity index (χ3n) is 3.63. The molecule has 1 atom stereocenters. The van der Waals surface area contributed by atoms with Crippen molar-refractivity contribution < 1.29 is 14.3 Å². The standard InChI is InChI=1S/C14H16N2O3S.ClH/c1-9-10(8-16-6-2-4-11(16)14(17)18)15-13(19-9)12-5-3-7-20-12;/h3,5,7,11H,2,4,6,8H2,1H3,(H,17,18);1H/t11-;/m0./s1. The molecular formula is C14H17ClN2O3S. The van der Waals surface area contributed by atoms with Crippen molar-refractivity contribution in [2.45, 2.75) is 32.4 Å². The maximum absolute atomic E-state index is 11.2. The van der Waals surface area contributed by atoms with Crippen molar-refractivity contribution in [2.75, 3.05) is 6.54 Å². The summed E-state index contributed by atoms with van der Waals surface area (Å²) in [4.78, 5) is 18.7. The molecule has 0 amide bonds. The molecule has 0 unspecified atom stereocenters. The first kappa shape index (κ1) is 16.0. The maximum Gasteiger partial charge on any atom is 0.320 e. The molecule has 0 aliphatic carbocycles. The van der Waals surface area contributed by atoms with Gasteiger partial charge in [0.15, 0.2) is 0 Å². The Morgan fingerprint density at radius 2 is 2.43 bits per heavy atom. The molecule has 0 saturated carbocycles. The number of carbonyl (C=O) groups is 1. The van der Waals surface area contributed by atoms with E-state index >= 15 is 0 Å². The lowest BCUT2D eigenvalue weighted by atomic mass is 10.2. The van der Waals surface area contributed by atoms with Crippen LogP contribution in [0.2, 0.25) is 0 Å². The summed E-state index contributed by atoms with van der Waals surface area (Å²) in [5.41, 5.74) is 0.835. The van der Waals surface area contributed by atoms with Gasteiger partial charge in [0.1, 0.15) is 11.8 Å². The molecule has 7 heteroatoms. The molecule has 1 aliphatic heterocycles. The second-order valence-corrected chi connectivity index (χ2v) is 5.91. The zero-order chi connectivity index (χ0) is 14.1. The zero-order valence-corrected chi connectivity index (χ0v) is 13.2. The fraction of sp³-hybridized carbons (Fsp3) is 0.429. The minimum absolute atomic E-state index is 0. The van der Waals surface area contributed by atoms with E-state index in [2.05, 4.69) is 4.98 Å². The van der Waals surface area contributed by atoms with Crippen LogP contribution < -0.4 is 0 Å². The number of rotatable bonds is 4. The lowest BCUT2D eigenvalue weighted by Crippen LogP contribution is -2.35. The number of aromatic nitrogens is 1. The normalized spacial score (nSPS) is 18.6. The van der Waals surface area contributed by atoms with Gasteiger partial charge in [-0.15, -0.1) is 23.7 Å². The van der Waals surface area contributed by atoms with Crippen molar-refractivity contribution in [1.82, 2.24) is 9.88 Å². The summed E-state index contributed by atoms with van der Waals surface area (Å²) in [5.74, 6) is 0.644. The Balaban J connectivity index is 0.00000161. The van der Waals surface area contributed by atoms with Crippen LogP contribution in [0, 0.1) is 6.92 Å². The highest BCUT2D eigenvalue weighted by Crippen LogP contribution is 2.28. The van der Waals surface area contributed by atoms with Crippen LogP contribution in [0.1, 0.15) is 24.3 Å². The summed E-state index contributed by atoms with van der Waals surface area (Å²) in [6.07, 6.45) is 1.63. The fourth-order valence-corrected chi connectivity index (χ4v) is 3.22. The molecule has 1 fully saturated rings. The molecule has 2 aromatic rings. The topological polar surface area (TPSA) is 66.6 Å². The number of halogens is 1. The summed E-state index contributed by atoms with van der Waals surface area (Å²) in [7, 11) is 0. The van der Waals surface area contributed by atoms with Crippen LogP contribution in [0.5, 0.6) is 0 Å². The van der Waals surface area contributed by atoms with E-state index in [1.807, 2.05) is 29.3 Å². The Morgan fingerprint density at radius 3 is 3.10 bits per heavy atom. The number of carboxylic acid groups (broad SMARTS) is 1. The lowest BCUT2D eigenvalue weighted by Gasteiger charge is -2.19. The van der Waals surface area contributed by atoms with E-state index in [4.69, 9.17) is 4.42 Å². The monoisotopic (exact) mass is 328 g/mol. The van der Waals surface area contributed by atoms with Crippen LogP contribution in [0.15, 0.2) is 21.9 Å². The van der Waals surface area contributed by atoms with Crippen molar-refractivity contribution >= 4 is 29.7 Å². The third kappa shape index (κ3) is 3.28. The van der Waals surface area contributed by atoms with E-state index in [-0.39, 0.29) is 12.4 Å². The molecule has 3 rings (SSSR count). The smallest absolute Gasteiger partial charge is 0.320 e. The second kappa shape index (κ2) is 6.60. The lowest BCUT2D eigenvalue weighted by molar-refractivity contribution is -0.142. The maximum atomic E-state index is 11.2. The first-order valence-electron chi connectivity index (χ1n) is 6.62. The van der Waals surface area contributed by atoms with Gasteiger partial charge in [0.25, 0.3) is 0 Å². The average molecular weight is 329 g/mol. The summed E-state index contributed by atoms with van der Waals surface area (Å²) in [6.45, 7) is 3.22. The van der Waals surface area contributed by atoms with Crippen LogP contribution in [-0.4, -0.2) is 33.5 Å². The number of thiophene rings is 1. The number of hydrogen-bond donors (Lipinski definition) is 1. The number of hydrogen-bond acceptors (Lipinski definition) is 5. The first-order valence-corrected chi connectivity index (χ1v) is 7.50. The predicted molar refractivity (Wildman–Crippen MR) is 82.9 cm³/mol. The summed E-state index contributed by atoms with van der Waals surface area (Å²) < 4.78 is 5.69. The van der Waals surface area contributed by atoms with E-state index in [0.717, 1.165) is 29.3 Å². The van der Waals surface area contributed by atoms with Gasteiger partial charge < -0.3 is 9.52 Å². The molecule has 1 saturated heterocycles. The predicted octanol–water partition coefficient (Wildman–Crippen LogP) is 3.18. The van der Waals surface area contributed by atoms with Crippen LogP contribution in [0.25, 0.3) is 10.8 Å². The summed E-state index contributed by atoms with van der Waals surface area (Å²) in [5, 5.41) is 11.2. The Bertz CT molecular complexity index is 612. The molecule has 3 heterocycles. The van der Waals surface area contributed by atoms with Crippen molar-refractivity contribution in [2.24, 2.45) is 0 Å². The van der Waals surface area contributed by atoms with Crippen LogP contribution in [0.3, 0.4) is 0 Å². The quantitative estimate of drug-likeness (QED) is 0.933. The second-order valence-electron chi connectivity index (χ2n) is 4.97. The van der Waals surface area contributed by atoms with Gasteiger partial charge in [-0.25, -0.2) is 4.98 Å². The largest absolute Gasteiger partial charge is 0.480 e. The number of carboxylic acids is 1. The Morgan fingerprint density at radius 1 is 1.62 bits per heavy atom. The van der Waals surface area contributed by atoms with Gasteiger partial charge in [0, 0.05) is 6.54 Å². The molecule has 21 heavy (non-hydrogen) atoms. The Labute approximate surface area is 133 Å². The Kier molecular flexibility index (Phi) is 5.03. The molecular weight excluding hydrogens is 312 g/mol. The van der Waals surface area contributed by atoms with Crippen LogP contribution >= 0.6 is 23.7 Å². The van der Waals surface area contributed by atoms with Crippen LogP contribution in [-0.2, 0) is 11.3 Å². The molecule has 5 nitrogen and oxygen atoms in total. The number of likely N-dealkylation sites (tertiary alicyclic amines) is 1. The van der Waals surface area contributed by atoms with Crippen molar-refractivity contribution in [3.63, 3.8) is 0 Å². The number of nitrogens with zero attached hydrogens (tertiary/aromatic N) is 2. The summed E-state index contributed by atoms with van der Waals surface area (Å²) in [6, 6.07) is 3.53. The minimum atomic E-state index is -0.748. The highest BCUT2D eigenvalue weighted by Gasteiger charge is 2.31. The van der Waals surface area contributed by atoms with Gasteiger partial charge in [-0.2, -0.15) is 0 Å². The Hall–Kier alpha value is -1.37. The van der Waals surface area contributed by atoms with Crippen LogP contribution in [0.4, 0.5) is 0 Å². The molecule has 2 aromatic heterocycles. The zero-order valence-electron chi connectivity index (χ0n) is 11.6. The molecule has 0 aromatic carbocycles. The summed E-state index contributed by atoms with van der Waals surface area (Å²) >= 11 is 1.58. The highest BCUT2D eigenvalue weighted by molar-refractivity contribution is 7.13. The van der Waals surface area contributed by atoms with E-state index in [0.29, 0.717) is 18.9 Å². The van der Waals surface area contributed by atoms with Gasteiger partial charge in [-0.1, -0.05) is 6.07 Å². The van der Waals surface area contributed by atoms with Gasteiger partial charge >= 0.3 is 5.97 Å². The average Bonchev–Trinajstić information content (AvgIpc) is 3.11. The number of oxazole rings is 1. The van der Waals surface area contributed by atoms with E-state index in [9.17, 15) is 9.90 Å². The fourth-order valence-electron chi connectivity index (χ4n) is 2.57. The van der Waals surface area contributed by atoms with E-state index < -0.39 is 12.0 Å². The molecule has 1 N–H and O–H groups in total. The molecule has 1 aliphatic rings. The van der Waals surface area contributed by atoms with Gasteiger partial charge in [-0.3, -0.25) is 9.69 Å². The minimum Gasteiger partial charge on any atom is -0.480 e. The van der Waals surface area contributed by atoms with Gasteiger partial charge in [0.05, 0.1) is 10.6 Å². The van der Waals surface area contributed by atoms with E-state index in [1.54, 1.807) is 11.3 Å². The highest BCUT2D eigenvalue weighted by atomic mass is 35.5. The number of aliphatic carboxylic acids is 1. The van der Waals surface area contributed by atoms with Crippen molar-refractivity contribution in [3.8, 4) is 10.8 Å². The molecule has 0 radical (unpaired) electrons.